The Kier molecular flexibility index (Phi) is 4.05. The molecule has 3 rings (SSSR count). The Morgan fingerprint density at radius 1 is 1.14 bits per heavy atom. The number of ether oxygens (including phenoxy) is 1. The van der Waals surface area contributed by atoms with Crippen LogP contribution in [0.5, 0.6) is 23.0 Å². The molecule has 1 heterocycles. The molecule has 5 nitrogen and oxygen atoms in total. The van der Waals surface area contributed by atoms with Gasteiger partial charge in [-0.15, -0.1) is 0 Å². The highest BCUT2D eigenvalue weighted by Crippen LogP contribution is 2.38. The van der Waals surface area contributed by atoms with Crippen LogP contribution >= 0.6 is 22.6 Å². The number of hydrogen-bond donors (Lipinski definition) is 4. The third-order valence-electron chi connectivity index (χ3n) is 4.02. The molecule has 0 saturated heterocycles. The Labute approximate surface area is 141 Å². The molecular weight excluding hydrogens is 397 g/mol. The fourth-order valence-corrected chi connectivity index (χ4v) is 3.54. The summed E-state index contributed by atoms with van der Waals surface area (Å²) in [4.78, 5) is 0. The van der Waals surface area contributed by atoms with Gasteiger partial charge in [0.25, 0.3) is 0 Å². The van der Waals surface area contributed by atoms with Crippen LogP contribution in [0.3, 0.4) is 0 Å². The lowest BCUT2D eigenvalue weighted by Gasteiger charge is -2.25. The van der Waals surface area contributed by atoms with Gasteiger partial charge in [-0.2, -0.15) is 0 Å². The van der Waals surface area contributed by atoms with E-state index in [1.165, 1.54) is 7.11 Å². The van der Waals surface area contributed by atoms with Crippen molar-refractivity contribution in [1.82, 2.24) is 0 Å². The minimum absolute atomic E-state index is 0.00161. The average molecular weight is 414 g/mol. The number of aromatic hydroxyl groups is 3. The molecule has 0 amide bonds. The number of quaternary nitrogens is 1. The van der Waals surface area contributed by atoms with E-state index in [2.05, 4.69) is 27.9 Å². The topological polar surface area (TPSA) is 86.5 Å². The van der Waals surface area contributed by atoms with E-state index in [1.54, 1.807) is 12.1 Å². The van der Waals surface area contributed by atoms with Crippen molar-refractivity contribution in [3.63, 3.8) is 0 Å². The Morgan fingerprint density at radius 2 is 1.86 bits per heavy atom. The Balaban J connectivity index is 2.12. The molecule has 1 atom stereocenters. The fourth-order valence-electron chi connectivity index (χ4n) is 2.92. The van der Waals surface area contributed by atoms with Crippen molar-refractivity contribution in [2.24, 2.45) is 0 Å². The van der Waals surface area contributed by atoms with E-state index in [-0.39, 0.29) is 23.3 Å². The first kappa shape index (κ1) is 15.2. The zero-order valence-electron chi connectivity index (χ0n) is 12.0. The molecule has 0 aromatic heterocycles. The van der Waals surface area contributed by atoms with Gasteiger partial charge in [-0.1, -0.05) is 0 Å². The zero-order chi connectivity index (χ0) is 15.9. The summed E-state index contributed by atoms with van der Waals surface area (Å²) in [6.45, 7) is 0.891. The standard InChI is InChI=1S/C16H16INO4/c1-22-14-6-9(4-11(17)16(14)21)15-10-7-13(20)12(19)5-8(10)2-3-18-15/h4-7,15,18-21H,2-3H2,1H3/p+1/t15-/m0/s1. The molecule has 2 aromatic rings. The number of phenols is 3. The number of fused-ring (bicyclic) bond motifs is 1. The minimum Gasteiger partial charge on any atom is -0.504 e. The highest BCUT2D eigenvalue weighted by molar-refractivity contribution is 14.1. The fraction of sp³-hybridized carbons (Fsp3) is 0.250. The van der Waals surface area contributed by atoms with Gasteiger partial charge in [-0.3, -0.25) is 0 Å². The normalized spacial score (nSPS) is 17.1. The number of rotatable bonds is 2. The lowest BCUT2D eigenvalue weighted by molar-refractivity contribution is -0.690. The van der Waals surface area contributed by atoms with Crippen molar-refractivity contribution in [2.75, 3.05) is 13.7 Å². The van der Waals surface area contributed by atoms with Gasteiger partial charge in [-0.05, 0) is 52.4 Å². The maximum Gasteiger partial charge on any atom is 0.171 e. The maximum atomic E-state index is 9.98. The first-order valence-electron chi connectivity index (χ1n) is 6.95. The Hall–Kier alpha value is -1.67. The molecule has 1 aliphatic rings. The molecule has 2 aromatic carbocycles. The van der Waals surface area contributed by atoms with Crippen LogP contribution in [0.2, 0.25) is 0 Å². The molecule has 5 N–H and O–H groups in total. The van der Waals surface area contributed by atoms with E-state index < -0.39 is 0 Å². The van der Waals surface area contributed by atoms with Crippen LogP contribution in [-0.4, -0.2) is 29.0 Å². The molecule has 0 bridgehead atoms. The number of phenolic OH excluding ortho intramolecular Hbond substituents is 3. The Bertz CT molecular complexity index is 733. The second kappa shape index (κ2) is 5.85. The van der Waals surface area contributed by atoms with Crippen LogP contribution in [-0.2, 0) is 6.42 Å². The van der Waals surface area contributed by atoms with Crippen molar-refractivity contribution in [1.29, 1.82) is 0 Å². The van der Waals surface area contributed by atoms with Gasteiger partial charge >= 0.3 is 0 Å². The molecule has 0 aliphatic carbocycles. The molecule has 0 unspecified atom stereocenters. The molecule has 0 spiro atoms. The third-order valence-corrected chi connectivity index (χ3v) is 4.84. The summed E-state index contributed by atoms with van der Waals surface area (Å²) in [5, 5.41) is 31.7. The van der Waals surface area contributed by atoms with Crippen LogP contribution in [0.4, 0.5) is 0 Å². The molecule has 6 heteroatoms. The maximum absolute atomic E-state index is 9.98. The van der Waals surface area contributed by atoms with Crippen molar-refractivity contribution in [2.45, 2.75) is 12.5 Å². The first-order valence-corrected chi connectivity index (χ1v) is 8.03. The third kappa shape index (κ3) is 2.56. The summed E-state index contributed by atoms with van der Waals surface area (Å²) in [6.07, 6.45) is 0.839. The highest BCUT2D eigenvalue weighted by atomic mass is 127. The number of halogens is 1. The van der Waals surface area contributed by atoms with E-state index in [4.69, 9.17) is 4.74 Å². The van der Waals surface area contributed by atoms with Crippen LogP contribution < -0.4 is 10.1 Å². The monoisotopic (exact) mass is 414 g/mol. The number of hydrogen-bond acceptors (Lipinski definition) is 4. The first-order chi connectivity index (χ1) is 10.5. The minimum atomic E-state index is -0.112. The van der Waals surface area contributed by atoms with E-state index in [0.29, 0.717) is 5.75 Å². The summed E-state index contributed by atoms with van der Waals surface area (Å²) in [7, 11) is 1.53. The van der Waals surface area contributed by atoms with Gasteiger partial charge in [0.15, 0.2) is 23.0 Å². The van der Waals surface area contributed by atoms with E-state index >= 15 is 0 Å². The van der Waals surface area contributed by atoms with E-state index in [0.717, 1.165) is 33.2 Å². The lowest BCUT2D eigenvalue weighted by atomic mass is 9.89. The molecular formula is C16H17INO4+. The summed E-state index contributed by atoms with van der Waals surface area (Å²) in [5.74, 6) is 0.374. The van der Waals surface area contributed by atoms with Crippen molar-refractivity contribution >= 4 is 22.6 Å². The highest BCUT2D eigenvalue weighted by Gasteiger charge is 2.28. The quantitative estimate of drug-likeness (QED) is 0.445. The van der Waals surface area contributed by atoms with Gasteiger partial charge in [0, 0.05) is 17.5 Å². The predicted octanol–water partition coefficient (Wildman–Crippen LogP) is 1.63. The summed E-state index contributed by atoms with van der Waals surface area (Å²) in [5.41, 5.74) is 3.00. The SMILES string of the molecule is COc1cc([C@@H]2[NH2+]CCc3cc(O)c(O)cc32)cc(I)c1O. The van der Waals surface area contributed by atoms with Gasteiger partial charge < -0.3 is 25.4 Å². The van der Waals surface area contributed by atoms with Crippen LogP contribution in [0.15, 0.2) is 24.3 Å². The average Bonchev–Trinajstić information content (AvgIpc) is 2.50. The number of benzene rings is 2. The number of methoxy groups -OCH3 is 1. The second-order valence-corrected chi connectivity index (χ2v) is 6.51. The van der Waals surface area contributed by atoms with Gasteiger partial charge in [0.1, 0.15) is 6.04 Å². The number of nitrogens with two attached hydrogens (primary N) is 1. The van der Waals surface area contributed by atoms with Gasteiger partial charge in [0.2, 0.25) is 0 Å². The molecule has 1 aliphatic heterocycles. The summed E-state index contributed by atoms with van der Waals surface area (Å²) < 4.78 is 5.95. The zero-order valence-corrected chi connectivity index (χ0v) is 14.2. The molecule has 0 radical (unpaired) electrons. The van der Waals surface area contributed by atoms with Crippen molar-refractivity contribution in [3.05, 3.63) is 44.5 Å². The lowest BCUT2D eigenvalue weighted by Crippen LogP contribution is -2.87. The van der Waals surface area contributed by atoms with E-state index in [9.17, 15) is 15.3 Å². The van der Waals surface area contributed by atoms with Crippen molar-refractivity contribution < 1.29 is 25.4 Å². The van der Waals surface area contributed by atoms with Crippen LogP contribution in [0.25, 0.3) is 0 Å². The molecule has 0 fully saturated rings. The summed E-state index contributed by atoms with van der Waals surface area (Å²) >= 11 is 2.07. The predicted molar refractivity (Wildman–Crippen MR) is 89.5 cm³/mol. The van der Waals surface area contributed by atoms with E-state index in [1.807, 2.05) is 12.1 Å². The van der Waals surface area contributed by atoms with Crippen molar-refractivity contribution in [3.8, 4) is 23.0 Å². The molecule has 22 heavy (non-hydrogen) atoms. The van der Waals surface area contributed by atoms with Gasteiger partial charge in [-0.25, -0.2) is 0 Å². The van der Waals surface area contributed by atoms with Crippen LogP contribution in [0, 0.1) is 3.57 Å². The summed E-state index contributed by atoms with van der Waals surface area (Å²) in [6, 6.07) is 6.99. The molecule has 0 saturated carbocycles. The largest absolute Gasteiger partial charge is 0.504 e. The van der Waals surface area contributed by atoms with Gasteiger partial charge in [0.05, 0.1) is 17.2 Å². The Morgan fingerprint density at radius 3 is 2.59 bits per heavy atom. The molecule has 116 valence electrons. The smallest absolute Gasteiger partial charge is 0.171 e. The van der Waals surface area contributed by atoms with Crippen LogP contribution in [0.1, 0.15) is 22.7 Å². The second-order valence-electron chi connectivity index (χ2n) is 5.35.